The zero-order valence-electron chi connectivity index (χ0n) is 39.2. The van der Waals surface area contributed by atoms with E-state index in [2.05, 4.69) is 276 Å². The molecular formula is C68H44N2P2. The Morgan fingerprint density at radius 3 is 1.21 bits per heavy atom. The average molecular weight is 951 g/mol. The minimum absolute atomic E-state index is 0.657. The molecule has 4 heteroatoms. The van der Waals surface area contributed by atoms with Crippen molar-refractivity contribution in [3.63, 3.8) is 0 Å². The number of nitrogens with zero attached hydrogens (tertiary/aromatic N) is 2. The number of fused-ring (bicyclic) bond motifs is 18. The van der Waals surface area contributed by atoms with Crippen LogP contribution in [-0.2, 0) is 0 Å². The van der Waals surface area contributed by atoms with E-state index in [1.54, 1.807) is 0 Å². The number of hydrogen-bond acceptors (Lipinski definition) is 0. The maximum atomic E-state index is 2.48. The van der Waals surface area contributed by atoms with Crippen LogP contribution in [0.15, 0.2) is 267 Å². The first-order valence-corrected chi connectivity index (χ1v) is 27.5. The summed E-state index contributed by atoms with van der Waals surface area (Å²) < 4.78 is 4.94. The lowest BCUT2D eigenvalue weighted by Gasteiger charge is -2.09. The fourth-order valence-corrected chi connectivity index (χ4v) is 17.6. The molecule has 2 atom stereocenters. The van der Waals surface area contributed by atoms with Gasteiger partial charge in [-0.15, -0.1) is 0 Å². The van der Waals surface area contributed by atoms with Crippen LogP contribution in [0.3, 0.4) is 0 Å². The quantitative estimate of drug-likeness (QED) is 0.166. The highest BCUT2D eigenvalue weighted by Crippen LogP contribution is 2.60. The molecule has 4 heterocycles. The van der Waals surface area contributed by atoms with Crippen LogP contribution in [0.25, 0.3) is 129 Å². The number of aromatic nitrogens is 2. The highest BCUT2D eigenvalue weighted by Gasteiger charge is 2.24. The minimum atomic E-state index is -0.669. The maximum Gasteiger partial charge on any atom is 0.0619 e. The van der Waals surface area contributed by atoms with Crippen molar-refractivity contribution in [2.45, 2.75) is 0 Å². The number of hydrogen-bond donors (Lipinski definition) is 0. The topological polar surface area (TPSA) is 9.86 Å². The van der Waals surface area contributed by atoms with Crippen molar-refractivity contribution in [1.82, 2.24) is 9.13 Å². The number of rotatable bonds is 4. The van der Waals surface area contributed by atoms with Crippen molar-refractivity contribution in [2.24, 2.45) is 0 Å². The number of benzene rings is 12. The highest BCUT2D eigenvalue weighted by atomic mass is 31.1. The Bertz CT molecular complexity index is 4770. The molecular weight excluding hydrogens is 907 g/mol. The Morgan fingerprint density at radius 1 is 0.236 bits per heavy atom. The van der Waals surface area contributed by atoms with E-state index in [1.165, 1.54) is 129 Å². The van der Waals surface area contributed by atoms with Gasteiger partial charge in [0.1, 0.15) is 0 Å². The first-order chi connectivity index (χ1) is 35.8. The fraction of sp³-hybridized carbons (Fsp3) is 0. The van der Waals surface area contributed by atoms with Crippen molar-refractivity contribution >= 4 is 122 Å². The van der Waals surface area contributed by atoms with Gasteiger partial charge in [-0.1, -0.05) is 240 Å². The minimum Gasteiger partial charge on any atom is -0.309 e. The molecule has 72 heavy (non-hydrogen) atoms. The van der Waals surface area contributed by atoms with Crippen molar-refractivity contribution in [3.05, 3.63) is 267 Å². The summed E-state index contributed by atoms with van der Waals surface area (Å²) in [5.41, 5.74) is 7.52. The summed E-state index contributed by atoms with van der Waals surface area (Å²) in [4.78, 5) is 0. The van der Waals surface area contributed by atoms with Crippen LogP contribution < -0.4 is 0 Å². The zero-order chi connectivity index (χ0) is 47.3. The predicted octanol–water partition coefficient (Wildman–Crippen LogP) is 20.4. The Morgan fingerprint density at radius 2 is 0.625 bits per heavy atom. The average Bonchev–Trinajstić information content (AvgIpc) is 4.19. The van der Waals surface area contributed by atoms with Crippen molar-refractivity contribution < 1.29 is 0 Å². The van der Waals surface area contributed by atoms with Crippen LogP contribution in [0.5, 0.6) is 0 Å². The van der Waals surface area contributed by atoms with E-state index in [0.717, 1.165) is 0 Å². The normalized spacial score (nSPS) is 12.4. The standard InChI is InChI=1S/2C34H22NP/c1-3-12-24(13-4-1)35-29-21-19-23-11-7-8-16-26(23)32(29)33-30(35)22-20-28-27-17-9-10-18-31(27)36(34(28)33)25-14-5-2-6-15-25;1-3-12-24(13-4-1)35-30-22-21-28-27-17-9-10-18-31(27)36(25-14-5-2-6-15-25)34(28)32(30)29-20-19-23-11-7-8-16-26(23)33(29)35/h2*1-22H. The summed E-state index contributed by atoms with van der Waals surface area (Å²) in [5.74, 6) is 0. The SMILES string of the molecule is c1ccc(-n2c3ccc4c5ccccc5p(-c5ccccc5)c4c3c3ccc4ccccc4c32)cc1.c1ccc(-n2c3ccc4ccccc4c3c3c2ccc2c4ccccc4p(-c4ccccc4)c23)cc1. The van der Waals surface area contributed by atoms with Gasteiger partial charge in [0.2, 0.25) is 0 Å². The van der Waals surface area contributed by atoms with Crippen LogP contribution in [0, 0.1) is 0 Å². The van der Waals surface area contributed by atoms with Crippen molar-refractivity contribution in [3.8, 4) is 22.0 Å². The molecule has 12 aromatic carbocycles. The monoisotopic (exact) mass is 950 g/mol. The van der Waals surface area contributed by atoms with Gasteiger partial charge in [-0.2, -0.15) is 0 Å². The Balaban J connectivity index is 0.000000128. The summed E-state index contributed by atoms with van der Waals surface area (Å²) in [6.07, 6.45) is 0. The lowest BCUT2D eigenvalue weighted by Crippen LogP contribution is -1.93. The molecule has 16 rings (SSSR count). The van der Waals surface area contributed by atoms with E-state index in [-0.39, 0.29) is 0 Å². The highest BCUT2D eigenvalue weighted by molar-refractivity contribution is 7.68. The smallest absolute Gasteiger partial charge is 0.0619 e. The van der Waals surface area contributed by atoms with Gasteiger partial charge in [0.25, 0.3) is 0 Å². The van der Waals surface area contributed by atoms with Gasteiger partial charge in [0.15, 0.2) is 0 Å². The summed E-state index contributed by atoms with van der Waals surface area (Å²) in [6, 6.07) is 98.1. The molecule has 16 aromatic rings. The molecule has 0 saturated carbocycles. The first-order valence-electron chi connectivity index (χ1n) is 24.8. The van der Waals surface area contributed by atoms with Gasteiger partial charge in [-0.05, 0) is 90.8 Å². The molecule has 0 amide bonds. The van der Waals surface area contributed by atoms with Gasteiger partial charge < -0.3 is 9.13 Å². The van der Waals surface area contributed by atoms with Gasteiger partial charge in [0.05, 0.1) is 22.1 Å². The molecule has 0 bridgehead atoms. The molecule has 2 unspecified atom stereocenters. The second-order valence-electron chi connectivity index (χ2n) is 18.8. The third-order valence-corrected chi connectivity index (χ3v) is 20.2. The van der Waals surface area contributed by atoms with E-state index >= 15 is 0 Å². The van der Waals surface area contributed by atoms with E-state index < -0.39 is 15.1 Å². The van der Waals surface area contributed by atoms with Gasteiger partial charge in [-0.3, -0.25) is 0 Å². The second kappa shape index (κ2) is 16.5. The number of para-hydroxylation sites is 2. The predicted molar refractivity (Wildman–Crippen MR) is 315 cm³/mol. The van der Waals surface area contributed by atoms with E-state index in [0.29, 0.717) is 0 Å². The molecule has 0 aliphatic heterocycles. The van der Waals surface area contributed by atoms with Crippen LogP contribution in [-0.4, -0.2) is 9.13 Å². The Hall–Kier alpha value is -8.64. The molecule has 0 aliphatic carbocycles. The molecule has 336 valence electrons. The third-order valence-electron chi connectivity index (χ3n) is 15.0. The molecule has 2 nitrogen and oxygen atoms in total. The largest absolute Gasteiger partial charge is 0.309 e. The van der Waals surface area contributed by atoms with E-state index in [4.69, 9.17) is 0 Å². The summed E-state index contributed by atoms with van der Waals surface area (Å²) in [5, 5.41) is 24.9. The van der Waals surface area contributed by atoms with Crippen LogP contribution in [0.2, 0.25) is 0 Å². The second-order valence-corrected chi connectivity index (χ2v) is 23.0. The molecule has 0 saturated heterocycles. The Labute approximate surface area is 418 Å². The summed E-state index contributed by atoms with van der Waals surface area (Å²) in [6.45, 7) is 0. The third kappa shape index (κ3) is 6.10. The molecule has 0 aliphatic rings. The van der Waals surface area contributed by atoms with Crippen LogP contribution >= 0.6 is 15.1 Å². The van der Waals surface area contributed by atoms with Gasteiger partial charge in [0, 0.05) is 58.8 Å². The lowest BCUT2D eigenvalue weighted by atomic mass is 10.0. The molecule has 0 N–H and O–H groups in total. The summed E-state index contributed by atoms with van der Waals surface area (Å²) >= 11 is 0. The molecule has 0 spiro atoms. The first kappa shape index (κ1) is 41.2. The van der Waals surface area contributed by atoms with Crippen LogP contribution in [0.1, 0.15) is 0 Å². The van der Waals surface area contributed by atoms with E-state index in [9.17, 15) is 0 Å². The lowest BCUT2D eigenvalue weighted by molar-refractivity contribution is 1.18. The maximum absolute atomic E-state index is 2.48. The van der Waals surface area contributed by atoms with Gasteiger partial charge >= 0.3 is 0 Å². The molecule has 0 fully saturated rings. The fourth-order valence-electron chi connectivity index (χ4n) is 12.0. The summed E-state index contributed by atoms with van der Waals surface area (Å²) in [7, 11) is -1.33. The van der Waals surface area contributed by atoms with Gasteiger partial charge in [-0.25, -0.2) is 0 Å². The van der Waals surface area contributed by atoms with Crippen molar-refractivity contribution in [2.75, 3.05) is 0 Å². The molecule has 0 radical (unpaired) electrons. The molecule has 4 aromatic heterocycles. The van der Waals surface area contributed by atoms with E-state index in [1.807, 2.05) is 0 Å². The zero-order valence-corrected chi connectivity index (χ0v) is 41.0. The van der Waals surface area contributed by atoms with Crippen molar-refractivity contribution in [1.29, 1.82) is 0 Å². The Kier molecular flexibility index (Phi) is 9.42. The van der Waals surface area contributed by atoms with Crippen LogP contribution in [0.4, 0.5) is 0 Å².